The van der Waals surface area contributed by atoms with Crippen LogP contribution in [-0.2, 0) is 9.53 Å². The highest BCUT2D eigenvalue weighted by Gasteiger charge is 2.27. The van der Waals surface area contributed by atoms with Gasteiger partial charge in [-0.1, -0.05) is 6.07 Å². The number of halogens is 2. The van der Waals surface area contributed by atoms with E-state index >= 15 is 0 Å². The zero-order valence-electron chi connectivity index (χ0n) is 18.8. The van der Waals surface area contributed by atoms with E-state index in [2.05, 4.69) is 27.5 Å². The average Bonchev–Trinajstić information content (AvgIpc) is 2.77. The number of benzene rings is 2. The lowest BCUT2D eigenvalue weighted by molar-refractivity contribution is -0.119. The Morgan fingerprint density at radius 3 is 2.55 bits per heavy atom. The van der Waals surface area contributed by atoms with Gasteiger partial charge in [-0.05, 0) is 43.8 Å². The smallest absolute Gasteiger partial charge is 0.252 e. The zero-order valence-corrected chi connectivity index (χ0v) is 18.8. The molecule has 5 rings (SSSR count). The normalized spacial score (nSPS) is 21.0. The monoisotopic (exact) mass is 454 g/mol. The molecule has 2 saturated heterocycles. The number of fused-ring (bicyclic) bond motifs is 1. The van der Waals surface area contributed by atoms with Gasteiger partial charge in [-0.3, -0.25) is 4.79 Å². The van der Waals surface area contributed by atoms with Crippen molar-refractivity contribution < 1.29 is 18.3 Å². The molecule has 2 aromatic rings. The second-order valence-electron chi connectivity index (χ2n) is 9.06. The first-order chi connectivity index (χ1) is 15.9. The molecule has 3 heterocycles. The number of amides is 1. The molecule has 8 heteroatoms. The Labute approximate surface area is 192 Å². The summed E-state index contributed by atoms with van der Waals surface area (Å²) in [5.74, 6) is -1.94. The minimum Gasteiger partial charge on any atom is -0.379 e. The van der Waals surface area contributed by atoms with Crippen LogP contribution in [0.5, 0.6) is 0 Å². The molecule has 1 amide bonds. The molecule has 0 bridgehead atoms. The molecule has 2 fully saturated rings. The Bertz CT molecular complexity index is 1110. The van der Waals surface area contributed by atoms with Crippen molar-refractivity contribution >= 4 is 22.9 Å². The van der Waals surface area contributed by atoms with Gasteiger partial charge in [0.15, 0.2) is 11.6 Å². The number of piperazine rings is 1. The lowest BCUT2D eigenvalue weighted by Crippen LogP contribution is -2.49. The van der Waals surface area contributed by atoms with Crippen molar-refractivity contribution in [3.8, 4) is 11.1 Å². The largest absolute Gasteiger partial charge is 0.379 e. The highest BCUT2D eigenvalue weighted by atomic mass is 19.2. The number of likely N-dealkylation sites (N-methyl/N-ethyl adjacent to an activating group) is 1. The quantitative estimate of drug-likeness (QED) is 0.744. The topological polar surface area (TPSA) is 56.8 Å². The van der Waals surface area contributed by atoms with Gasteiger partial charge in [0.05, 0.1) is 19.3 Å². The summed E-state index contributed by atoms with van der Waals surface area (Å²) in [5.41, 5.74) is 3.38. The Morgan fingerprint density at radius 1 is 1.09 bits per heavy atom. The van der Waals surface area contributed by atoms with Gasteiger partial charge in [0.25, 0.3) is 5.91 Å². The molecule has 3 aliphatic heterocycles. The minimum atomic E-state index is -0.883. The van der Waals surface area contributed by atoms with Crippen LogP contribution in [0.1, 0.15) is 12.5 Å². The first-order valence-corrected chi connectivity index (χ1v) is 11.3. The van der Waals surface area contributed by atoms with Crippen LogP contribution in [0, 0.1) is 11.6 Å². The number of carbonyl (C=O) groups is 1. The fourth-order valence-electron chi connectivity index (χ4n) is 4.50. The molecule has 3 aliphatic rings. The van der Waals surface area contributed by atoms with E-state index in [0.29, 0.717) is 35.6 Å². The number of ether oxygens (including phenoxy) is 1. The summed E-state index contributed by atoms with van der Waals surface area (Å²) in [5, 5.41) is 6.31. The van der Waals surface area contributed by atoms with E-state index in [1.165, 1.54) is 6.07 Å². The van der Waals surface area contributed by atoms with Crippen LogP contribution in [0.25, 0.3) is 16.7 Å². The lowest BCUT2D eigenvalue weighted by atomic mass is 9.92. The molecule has 0 saturated carbocycles. The second kappa shape index (κ2) is 8.76. The number of anilines is 2. The van der Waals surface area contributed by atoms with Crippen molar-refractivity contribution in [2.45, 2.75) is 19.0 Å². The van der Waals surface area contributed by atoms with Gasteiger partial charge in [0, 0.05) is 66.4 Å². The Morgan fingerprint density at radius 2 is 1.85 bits per heavy atom. The predicted molar refractivity (Wildman–Crippen MR) is 125 cm³/mol. The van der Waals surface area contributed by atoms with Gasteiger partial charge >= 0.3 is 0 Å². The Kier molecular flexibility index (Phi) is 5.80. The van der Waals surface area contributed by atoms with E-state index in [0.717, 1.165) is 31.9 Å². The van der Waals surface area contributed by atoms with Crippen LogP contribution >= 0.6 is 0 Å². The van der Waals surface area contributed by atoms with Crippen molar-refractivity contribution in [3.05, 3.63) is 53.6 Å². The Balaban J connectivity index is 1.50. The van der Waals surface area contributed by atoms with Gasteiger partial charge in [0.1, 0.15) is 0 Å². The van der Waals surface area contributed by atoms with Crippen LogP contribution < -0.4 is 15.5 Å². The van der Waals surface area contributed by atoms with Crippen LogP contribution in [0.2, 0.25) is 0 Å². The molecule has 6 nitrogen and oxygen atoms in total. The third-order valence-corrected chi connectivity index (χ3v) is 6.52. The van der Waals surface area contributed by atoms with Crippen molar-refractivity contribution in [2.75, 3.05) is 56.7 Å². The van der Waals surface area contributed by atoms with Gasteiger partial charge in [-0.15, -0.1) is 0 Å². The molecule has 33 heavy (non-hydrogen) atoms. The number of nitrogens with one attached hydrogen (secondary N) is 2. The van der Waals surface area contributed by atoms with E-state index in [1.807, 2.05) is 19.1 Å². The number of rotatable bonds is 4. The first-order valence-electron chi connectivity index (χ1n) is 11.3. The molecule has 2 N–H and O–H groups in total. The standard InChI is InChI=1S/C25H28F2N4O2/c1-15-9-21(25(32)29-17-13-33-14-17)20-10-16(3-4-23(20)28-15)19-11-18(12-22(26)24(19)27)31-7-5-30(2)6-8-31/h3-4,9-12,15,17,28H,5-8,13-14H2,1-2H3,(H,29,32). The summed E-state index contributed by atoms with van der Waals surface area (Å²) in [4.78, 5) is 17.2. The summed E-state index contributed by atoms with van der Waals surface area (Å²) in [7, 11) is 2.05. The molecule has 0 radical (unpaired) electrons. The summed E-state index contributed by atoms with van der Waals surface area (Å²) in [6, 6.07) is 8.31. The van der Waals surface area contributed by atoms with E-state index in [1.54, 1.807) is 18.2 Å². The molecule has 0 spiro atoms. The molecule has 2 aromatic carbocycles. The van der Waals surface area contributed by atoms with Gasteiger partial charge in [-0.25, -0.2) is 8.78 Å². The maximum Gasteiger partial charge on any atom is 0.252 e. The lowest BCUT2D eigenvalue weighted by Gasteiger charge is -2.34. The number of hydrogen-bond acceptors (Lipinski definition) is 5. The van der Waals surface area contributed by atoms with Crippen LogP contribution in [-0.4, -0.2) is 69.3 Å². The van der Waals surface area contributed by atoms with Crippen molar-refractivity contribution in [1.82, 2.24) is 10.2 Å². The fourth-order valence-corrected chi connectivity index (χ4v) is 4.50. The molecular weight excluding hydrogens is 426 g/mol. The third-order valence-electron chi connectivity index (χ3n) is 6.52. The molecule has 0 aromatic heterocycles. The Hall–Kier alpha value is -2.97. The average molecular weight is 455 g/mol. The first kappa shape index (κ1) is 21.9. The zero-order chi connectivity index (χ0) is 23.1. The van der Waals surface area contributed by atoms with E-state index in [-0.39, 0.29) is 23.6 Å². The highest BCUT2D eigenvalue weighted by molar-refractivity contribution is 6.22. The highest BCUT2D eigenvalue weighted by Crippen LogP contribution is 2.36. The summed E-state index contributed by atoms with van der Waals surface area (Å²) >= 11 is 0. The van der Waals surface area contributed by atoms with E-state index in [9.17, 15) is 13.6 Å². The van der Waals surface area contributed by atoms with Crippen molar-refractivity contribution in [1.29, 1.82) is 0 Å². The molecule has 1 atom stereocenters. The number of hydrogen-bond donors (Lipinski definition) is 2. The predicted octanol–water partition coefficient (Wildman–Crippen LogP) is 3.10. The molecule has 1 unspecified atom stereocenters. The number of nitrogens with zero attached hydrogens (tertiary/aromatic N) is 2. The molecule has 0 aliphatic carbocycles. The maximum absolute atomic E-state index is 14.9. The SMILES string of the molecule is CC1C=C(C(=O)NC2COC2)c2cc(-c3cc(N4CCN(C)CC4)cc(F)c3F)ccc2N1. The van der Waals surface area contributed by atoms with Gasteiger partial charge in [0.2, 0.25) is 0 Å². The van der Waals surface area contributed by atoms with Crippen molar-refractivity contribution in [2.24, 2.45) is 0 Å². The fraction of sp³-hybridized carbons (Fsp3) is 0.400. The molecule has 174 valence electrons. The van der Waals surface area contributed by atoms with Crippen LogP contribution in [0.3, 0.4) is 0 Å². The minimum absolute atomic E-state index is 0.00188. The summed E-state index contributed by atoms with van der Waals surface area (Å²) in [6.07, 6.45) is 1.86. The third kappa shape index (κ3) is 4.32. The maximum atomic E-state index is 14.9. The van der Waals surface area contributed by atoms with E-state index in [4.69, 9.17) is 4.74 Å². The summed E-state index contributed by atoms with van der Waals surface area (Å²) < 4.78 is 34.7. The molecular formula is C25H28F2N4O2. The summed E-state index contributed by atoms with van der Waals surface area (Å²) in [6.45, 7) is 6.21. The van der Waals surface area contributed by atoms with Gasteiger partial charge in [-0.2, -0.15) is 0 Å². The van der Waals surface area contributed by atoms with Crippen LogP contribution in [0.15, 0.2) is 36.4 Å². The van der Waals surface area contributed by atoms with E-state index < -0.39 is 11.6 Å². The van der Waals surface area contributed by atoms with Crippen LogP contribution in [0.4, 0.5) is 20.2 Å². The second-order valence-corrected chi connectivity index (χ2v) is 9.06. The van der Waals surface area contributed by atoms with Crippen molar-refractivity contribution in [3.63, 3.8) is 0 Å². The van der Waals surface area contributed by atoms with Gasteiger partial charge < -0.3 is 25.2 Å². The number of carbonyl (C=O) groups excluding carboxylic acids is 1.